The second-order valence-corrected chi connectivity index (χ2v) is 5.49. The lowest BCUT2D eigenvalue weighted by Gasteiger charge is -2.22. The minimum absolute atomic E-state index is 0.726. The maximum atomic E-state index is 5.44. The molecular weight excluding hydrogens is 262 g/mol. The fourth-order valence-electron chi connectivity index (χ4n) is 2.48. The van der Waals surface area contributed by atoms with Gasteiger partial charge in [-0.1, -0.05) is 6.92 Å². The standard InChI is InChI=1S/C17H25N3O/c1-5-8-18-11-16-13(2)10-14(3)19-17(16)20(4)12-15-7-6-9-21-15/h6-7,9-10,18H,5,8,11-12H2,1-4H3. The summed E-state index contributed by atoms with van der Waals surface area (Å²) in [5.74, 6) is 1.98. The van der Waals surface area contributed by atoms with E-state index in [0.717, 1.165) is 43.3 Å². The van der Waals surface area contributed by atoms with Crippen LogP contribution in [-0.4, -0.2) is 18.6 Å². The summed E-state index contributed by atoms with van der Waals surface area (Å²) in [6.45, 7) is 8.97. The molecule has 0 amide bonds. The topological polar surface area (TPSA) is 41.3 Å². The fraction of sp³-hybridized carbons (Fsp3) is 0.471. The monoisotopic (exact) mass is 287 g/mol. The Balaban J connectivity index is 2.22. The van der Waals surface area contributed by atoms with Crippen molar-refractivity contribution in [2.45, 2.75) is 40.3 Å². The average Bonchev–Trinajstić information content (AvgIpc) is 2.93. The second kappa shape index (κ2) is 7.27. The lowest BCUT2D eigenvalue weighted by atomic mass is 10.1. The molecule has 0 aliphatic rings. The third kappa shape index (κ3) is 4.08. The number of anilines is 1. The highest BCUT2D eigenvalue weighted by molar-refractivity contribution is 5.51. The fourth-order valence-corrected chi connectivity index (χ4v) is 2.48. The zero-order chi connectivity index (χ0) is 15.2. The third-order valence-corrected chi connectivity index (χ3v) is 3.52. The number of aromatic nitrogens is 1. The molecule has 0 aliphatic carbocycles. The lowest BCUT2D eigenvalue weighted by molar-refractivity contribution is 0.506. The van der Waals surface area contributed by atoms with Crippen molar-refractivity contribution in [3.8, 4) is 0 Å². The summed E-state index contributed by atoms with van der Waals surface area (Å²) in [6, 6.07) is 6.06. The molecule has 114 valence electrons. The molecule has 0 aliphatic heterocycles. The molecule has 0 aromatic carbocycles. The van der Waals surface area contributed by atoms with Gasteiger partial charge < -0.3 is 14.6 Å². The Hall–Kier alpha value is -1.81. The first kappa shape index (κ1) is 15.6. The van der Waals surface area contributed by atoms with Crippen LogP contribution in [-0.2, 0) is 13.1 Å². The summed E-state index contributed by atoms with van der Waals surface area (Å²) in [4.78, 5) is 6.89. The first-order chi connectivity index (χ1) is 10.1. The van der Waals surface area contributed by atoms with Crippen LogP contribution in [0.5, 0.6) is 0 Å². The largest absolute Gasteiger partial charge is 0.467 e. The van der Waals surface area contributed by atoms with E-state index in [9.17, 15) is 0 Å². The highest BCUT2D eigenvalue weighted by Gasteiger charge is 2.14. The van der Waals surface area contributed by atoms with Crippen molar-refractivity contribution in [1.29, 1.82) is 0 Å². The van der Waals surface area contributed by atoms with Gasteiger partial charge in [-0.3, -0.25) is 0 Å². The van der Waals surface area contributed by atoms with Crippen LogP contribution in [0.4, 0.5) is 5.82 Å². The van der Waals surface area contributed by atoms with Crippen molar-refractivity contribution in [1.82, 2.24) is 10.3 Å². The van der Waals surface area contributed by atoms with Crippen molar-refractivity contribution < 1.29 is 4.42 Å². The van der Waals surface area contributed by atoms with Crippen molar-refractivity contribution in [3.63, 3.8) is 0 Å². The maximum Gasteiger partial charge on any atom is 0.133 e. The van der Waals surface area contributed by atoms with E-state index in [-0.39, 0.29) is 0 Å². The number of furan rings is 1. The number of rotatable bonds is 7. The summed E-state index contributed by atoms with van der Waals surface area (Å²) in [6.07, 6.45) is 2.84. The van der Waals surface area contributed by atoms with E-state index in [1.54, 1.807) is 6.26 Å². The molecule has 4 heteroatoms. The Bertz CT molecular complexity index is 564. The van der Waals surface area contributed by atoms with E-state index in [1.165, 1.54) is 11.1 Å². The molecule has 2 aromatic heterocycles. The van der Waals surface area contributed by atoms with Gasteiger partial charge in [-0.25, -0.2) is 4.98 Å². The molecule has 4 nitrogen and oxygen atoms in total. The predicted octanol–water partition coefficient (Wildman–Crippen LogP) is 3.43. The van der Waals surface area contributed by atoms with E-state index >= 15 is 0 Å². The zero-order valence-electron chi connectivity index (χ0n) is 13.4. The van der Waals surface area contributed by atoms with Gasteiger partial charge in [0, 0.05) is 24.8 Å². The molecule has 1 N–H and O–H groups in total. The van der Waals surface area contributed by atoms with Crippen LogP contribution in [0.25, 0.3) is 0 Å². The first-order valence-corrected chi connectivity index (χ1v) is 7.53. The first-order valence-electron chi connectivity index (χ1n) is 7.53. The average molecular weight is 287 g/mol. The SMILES string of the molecule is CCCNCc1c(C)cc(C)nc1N(C)Cc1ccco1. The molecule has 2 heterocycles. The van der Waals surface area contributed by atoms with E-state index in [1.807, 2.05) is 19.1 Å². The Morgan fingerprint density at radius 3 is 2.81 bits per heavy atom. The number of hydrogen-bond acceptors (Lipinski definition) is 4. The molecule has 2 aromatic rings. The van der Waals surface area contributed by atoms with E-state index in [4.69, 9.17) is 9.40 Å². The summed E-state index contributed by atoms with van der Waals surface area (Å²) in [5.41, 5.74) is 3.60. The zero-order valence-corrected chi connectivity index (χ0v) is 13.4. The number of nitrogens with zero attached hydrogens (tertiary/aromatic N) is 2. The maximum absolute atomic E-state index is 5.44. The van der Waals surface area contributed by atoms with Gasteiger partial charge in [0.15, 0.2) is 0 Å². The predicted molar refractivity (Wildman–Crippen MR) is 86.5 cm³/mol. The summed E-state index contributed by atoms with van der Waals surface area (Å²) < 4.78 is 5.44. The Morgan fingerprint density at radius 2 is 2.14 bits per heavy atom. The molecule has 21 heavy (non-hydrogen) atoms. The molecule has 0 saturated heterocycles. The molecule has 0 atom stereocenters. The number of nitrogens with one attached hydrogen (secondary N) is 1. The highest BCUT2D eigenvalue weighted by atomic mass is 16.3. The molecule has 2 rings (SSSR count). The Labute approximate surface area is 127 Å². The number of hydrogen-bond donors (Lipinski definition) is 1. The van der Waals surface area contributed by atoms with Crippen LogP contribution >= 0.6 is 0 Å². The van der Waals surface area contributed by atoms with Crippen LogP contribution < -0.4 is 10.2 Å². The Morgan fingerprint density at radius 1 is 1.33 bits per heavy atom. The van der Waals surface area contributed by atoms with Crippen molar-refractivity contribution >= 4 is 5.82 Å². The van der Waals surface area contributed by atoms with E-state index in [0.29, 0.717) is 0 Å². The summed E-state index contributed by atoms with van der Waals surface area (Å²) in [5, 5.41) is 3.48. The van der Waals surface area contributed by atoms with Gasteiger partial charge in [0.1, 0.15) is 11.6 Å². The van der Waals surface area contributed by atoms with Crippen LogP contribution in [0, 0.1) is 13.8 Å². The van der Waals surface area contributed by atoms with Crippen LogP contribution in [0.2, 0.25) is 0 Å². The van der Waals surface area contributed by atoms with Gasteiger partial charge in [0.05, 0.1) is 12.8 Å². The van der Waals surface area contributed by atoms with Gasteiger partial charge in [-0.2, -0.15) is 0 Å². The van der Waals surface area contributed by atoms with E-state index in [2.05, 4.69) is 37.2 Å². The van der Waals surface area contributed by atoms with Gasteiger partial charge in [0.25, 0.3) is 0 Å². The van der Waals surface area contributed by atoms with Crippen molar-refractivity contribution in [2.75, 3.05) is 18.5 Å². The minimum atomic E-state index is 0.726. The van der Waals surface area contributed by atoms with Gasteiger partial charge in [-0.05, 0) is 50.6 Å². The molecule has 0 spiro atoms. The molecule has 0 saturated carbocycles. The van der Waals surface area contributed by atoms with Crippen LogP contribution in [0.3, 0.4) is 0 Å². The highest BCUT2D eigenvalue weighted by Crippen LogP contribution is 2.23. The van der Waals surface area contributed by atoms with Gasteiger partial charge >= 0.3 is 0 Å². The lowest BCUT2D eigenvalue weighted by Crippen LogP contribution is -2.23. The molecule has 0 bridgehead atoms. The van der Waals surface area contributed by atoms with Gasteiger partial charge in [-0.15, -0.1) is 0 Å². The van der Waals surface area contributed by atoms with Crippen molar-refractivity contribution in [2.24, 2.45) is 0 Å². The minimum Gasteiger partial charge on any atom is -0.467 e. The molecular formula is C17H25N3O. The molecule has 0 radical (unpaired) electrons. The van der Waals surface area contributed by atoms with Gasteiger partial charge in [0.2, 0.25) is 0 Å². The molecule has 0 fully saturated rings. The van der Waals surface area contributed by atoms with Crippen LogP contribution in [0.15, 0.2) is 28.9 Å². The quantitative estimate of drug-likeness (QED) is 0.792. The van der Waals surface area contributed by atoms with Crippen molar-refractivity contribution in [3.05, 3.63) is 47.0 Å². The Kier molecular flexibility index (Phi) is 5.39. The number of aryl methyl sites for hydroxylation is 2. The summed E-state index contributed by atoms with van der Waals surface area (Å²) in [7, 11) is 2.06. The smallest absolute Gasteiger partial charge is 0.133 e. The molecule has 0 unspecified atom stereocenters. The summed E-state index contributed by atoms with van der Waals surface area (Å²) >= 11 is 0. The second-order valence-electron chi connectivity index (χ2n) is 5.49. The van der Waals surface area contributed by atoms with E-state index < -0.39 is 0 Å². The normalized spacial score (nSPS) is 10.9. The number of pyridine rings is 1. The third-order valence-electron chi connectivity index (χ3n) is 3.52. The van der Waals surface area contributed by atoms with Crippen LogP contribution in [0.1, 0.15) is 35.9 Å².